The third kappa shape index (κ3) is 6.36. The van der Waals surface area contributed by atoms with Gasteiger partial charge in [0.1, 0.15) is 28.6 Å². The number of nitrogens with zero attached hydrogens (tertiary/aromatic N) is 4. The van der Waals surface area contributed by atoms with Crippen LogP contribution in [0.25, 0.3) is 34.1 Å². The van der Waals surface area contributed by atoms with Crippen molar-refractivity contribution in [2.75, 3.05) is 14.2 Å². The van der Waals surface area contributed by atoms with Crippen molar-refractivity contribution < 1.29 is 9.47 Å². The van der Waals surface area contributed by atoms with Crippen molar-refractivity contribution in [3.63, 3.8) is 0 Å². The summed E-state index contributed by atoms with van der Waals surface area (Å²) in [5, 5.41) is 17.8. The summed E-state index contributed by atoms with van der Waals surface area (Å²) in [7, 11) is 3.41. The van der Waals surface area contributed by atoms with Crippen molar-refractivity contribution in [3.05, 3.63) is 189 Å². The predicted octanol–water partition coefficient (Wildman–Crippen LogP) is 10.2. The molecule has 2 N–H and O–H groups in total. The van der Waals surface area contributed by atoms with Crippen LogP contribution in [0.1, 0.15) is 44.8 Å². The summed E-state index contributed by atoms with van der Waals surface area (Å²) in [6, 6.07) is 37.9. The lowest BCUT2D eigenvalue weighted by Crippen LogP contribution is -2.30. The number of rotatable bonds is 8. The highest BCUT2D eigenvalue weighted by molar-refractivity contribution is 7.13. The Balaban J connectivity index is 0.000000146. The lowest BCUT2D eigenvalue weighted by atomic mass is 9.68. The normalized spacial score (nSPS) is 18.0. The minimum atomic E-state index is -0.283. The van der Waals surface area contributed by atoms with Gasteiger partial charge in [0, 0.05) is 57.8 Å². The van der Waals surface area contributed by atoms with E-state index < -0.39 is 0 Å². The highest BCUT2D eigenvalue weighted by Crippen LogP contribution is 2.45. The fourth-order valence-corrected chi connectivity index (χ4v) is 9.13. The van der Waals surface area contributed by atoms with E-state index in [2.05, 4.69) is 152 Å². The molecule has 276 valence electrons. The Hall–Kier alpha value is -6.36. The number of nitrogens with one attached hydrogen (secondary N) is 2. The van der Waals surface area contributed by atoms with Gasteiger partial charge in [0.2, 0.25) is 0 Å². The summed E-state index contributed by atoms with van der Waals surface area (Å²) in [5.74, 6) is 1.72. The van der Waals surface area contributed by atoms with Gasteiger partial charge in [-0.2, -0.15) is 10.2 Å². The third-order valence-corrected chi connectivity index (χ3v) is 12.2. The van der Waals surface area contributed by atoms with Crippen LogP contribution < -0.4 is 9.47 Å². The Morgan fingerprint density at radius 3 is 1.64 bits per heavy atom. The second-order valence-electron chi connectivity index (χ2n) is 13.8. The molecule has 4 aromatic carbocycles. The highest BCUT2D eigenvalue weighted by Gasteiger charge is 2.38. The standard InChI is InChI=1S/2C23H19N3OS/c1-27-18-9-5-8-17(12-18)23(16-6-3-2-4-7-16)11-10-19-20(13-23)25-26-22(19)21-14-28-15-24-21;1-27-18-9-5-8-17(12-18)23(16-6-3-2-4-7-16)11-10-19-20(13-23)25-26-22(19)21-14-24-15-28-21/h2*2-12,14-15H,13H2,1H3,(H,25,26). The second-order valence-corrected chi connectivity index (χ2v) is 15.4. The van der Waals surface area contributed by atoms with Crippen LogP contribution in [0, 0.1) is 0 Å². The number of thiazole rings is 2. The summed E-state index contributed by atoms with van der Waals surface area (Å²) in [6.07, 6.45) is 12.5. The smallest absolute Gasteiger partial charge is 0.119 e. The topological polar surface area (TPSA) is 102 Å². The largest absolute Gasteiger partial charge is 0.497 e. The van der Waals surface area contributed by atoms with Crippen molar-refractivity contribution in [1.82, 2.24) is 30.4 Å². The Labute approximate surface area is 333 Å². The number of aromatic nitrogens is 6. The first-order valence-corrected chi connectivity index (χ1v) is 20.1. The van der Waals surface area contributed by atoms with Gasteiger partial charge in [-0.15, -0.1) is 22.7 Å². The molecule has 0 radical (unpaired) electrons. The molecule has 56 heavy (non-hydrogen) atoms. The molecule has 0 saturated carbocycles. The van der Waals surface area contributed by atoms with Crippen LogP contribution in [0.3, 0.4) is 0 Å². The molecule has 0 fully saturated rings. The van der Waals surface area contributed by atoms with E-state index in [0.29, 0.717) is 0 Å². The first-order chi connectivity index (χ1) is 27.6. The van der Waals surface area contributed by atoms with Gasteiger partial charge < -0.3 is 9.47 Å². The number of allylic oxidation sites excluding steroid dienone is 2. The average molecular weight is 771 g/mol. The van der Waals surface area contributed by atoms with Crippen molar-refractivity contribution in [2.24, 2.45) is 0 Å². The van der Waals surface area contributed by atoms with Gasteiger partial charge >= 0.3 is 0 Å². The molecule has 4 aromatic heterocycles. The van der Waals surface area contributed by atoms with E-state index in [0.717, 1.165) is 68.8 Å². The van der Waals surface area contributed by atoms with Gasteiger partial charge in [0.05, 0.1) is 30.1 Å². The van der Waals surface area contributed by atoms with E-state index in [1.807, 2.05) is 34.7 Å². The molecule has 2 aliphatic rings. The molecule has 0 amide bonds. The molecule has 4 heterocycles. The first kappa shape index (κ1) is 35.3. The van der Waals surface area contributed by atoms with Crippen LogP contribution in [0.2, 0.25) is 0 Å². The molecule has 10 heteroatoms. The van der Waals surface area contributed by atoms with Crippen molar-refractivity contribution in [2.45, 2.75) is 23.7 Å². The lowest BCUT2D eigenvalue weighted by molar-refractivity contribution is 0.413. The molecule has 0 saturated heterocycles. The molecule has 0 aliphatic heterocycles. The van der Waals surface area contributed by atoms with Gasteiger partial charge in [0.15, 0.2) is 0 Å². The molecule has 8 nitrogen and oxygen atoms in total. The Morgan fingerprint density at radius 1 is 0.607 bits per heavy atom. The third-order valence-electron chi connectivity index (χ3n) is 10.8. The average Bonchev–Trinajstić information content (AvgIpc) is 4.12. The van der Waals surface area contributed by atoms with Crippen LogP contribution in [0.15, 0.2) is 144 Å². The van der Waals surface area contributed by atoms with E-state index in [9.17, 15) is 0 Å². The highest BCUT2D eigenvalue weighted by atomic mass is 32.1. The summed E-state index contributed by atoms with van der Waals surface area (Å²) in [4.78, 5) is 9.70. The van der Waals surface area contributed by atoms with Crippen LogP contribution >= 0.6 is 22.7 Å². The van der Waals surface area contributed by atoms with E-state index in [1.54, 1.807) is 36.9 Å². The molecule has 2 unspecified atom stereocenters. The van der Waals surface area contributed by atoms with Crippen LogP contribution in [-0.2, 0) is 23.7 Å². The maximum atomic E-state index is 5.50. The van der Waals surface area contributed by atoms with Crippen LogP contribution in [0.4, 0.5) is 0 Å². The van der Waals surface area contributed by atoms with Crippen molar-refractivity contribution >= 4 is 34.8 Å². The van der Waals surface area contributed by atoms with E-state index in [1.165, 1.54) is 22.3 Å². The molecular formula is C46H38N6O2S2. The summed E-state index contributed by atoms with van der Waals surface area (Å²) in [5.41, 5.74) is 15.4. The molecule has 2 aliphatic carbocycles. The molecule has 2 atom stereocenters. The van der Waals surface area contributed by atoms with Gasteiger partial charge in [-0.3, -0.25) is 15.2 Å². The number of aromatic amines is 2. The molecule has 8 aromatic rings. The van der Waals surface area contributed by atoms with Crippen LogP contribution in [0.5, 0.6) is 11.5 Å². The lowest BCUT2D eigenvalue weighted by Gasteiger charge is -2.34. The second kappa shape index (κ2) is 15.1. The van der Waals surface area contributed by atoms with Crippen molar-refractivity contribution in [3.8, 4) is 33.5 Å². The van der Waals surface area contributed by atoms with Gasteiger partial charge in [0.25, 0.3) is 0 Å². The number of ether oxygens (including phenoxy) is 2. The summed E-state index contributed by atoms with van der Waals surface area (Å²) >= 11 is 3.19. The van der Waals surface area contributed by atoms with E-state index in [-0.39, 0.29) is 10.8 Å². The van der Waals surface area contributed by atoms with Gasteiger partial charge in [-0.05, 0) is 46.5 Å². The summed E-state index contributed by atoms with van der Waals surface area (Å²) in [6.45, 7) is 0. The maximum absolute atomic E-state index is 5.50. The Kier molecular flexibility index (Phi) is 9.50. The van der Waals surface area contributed by atoms with Crippen molar-refractivity contribution in [1.29, 1.82) is 0 Å². The Morgan fingerprint density at radius 2 is 1.14 bits per heavy atom. The van der Waals surface area contributed by atoms with Crippen LogP contribution in [-0.4, -0.2) is 44.6 Å². The minimum absolute atomic E-state index is 0.277. The molecule has 10 rings (SSSR count). The number of benzene rings is 4. The zero-order chi connectivity index (χ0) is 38.0. The fraction of sp³-hybridized carbons (Fsp3) is 0.130. The zero-order valence-electron chi connectivity index (χ0n) is 30.8. The van der Waals surface area contributed by atoms with E-state index in [4.69, 9.17) is 9.47 Å². The fourth-order valence-electron chi connectivity index (χ4n) is 7.97. The monoisotopic (exact) mass is 770 g/mol. The summed E-state index contributed by atoms with van der Waals surface area (Å²) < 4.78 is 11.0. The Bertz CT molecular complexity index is 2450. The number of hydrogen-bond acceptors (Lipinski definition) is 8. The number of fused-ring (bicyclic) bond motifs is 2. The number of H-pyrrole nitrogens is 2. The predicted molar refractivity (Wildman–Crippen MR) is 225 cm³/mol. The molecule has 0 bridgehead atoms. The van der Waals surface area contributed by atoms with Gasteiger partial charge in [-0.1, -0.05) is 109 Å². The molecule has 0 spiro atoms. The first-order valence-electron chi connectivity index (χ1n) is 18.3. The maximum Gasteiger partial charge on any atom is 0.119 e. The van der Waals surface area contributed by atoms with E-state index >= 15 is 0 Å². The molecular weight excluding hydrogens is 733 g/mol. The minimum Gasteiger partial charge on any atom is -0.497 e. The number of methoxy groups -OCH3 is 2. The van der Waals surface area contributed by atoms with Gasteiger partial charge in [-0.25, -0.2) is 4.98 Å². The zero-order valence-corrected chi connectivity index (χ0v) is 32.5. The SMILES string of the molecule is COc1cccc(C2(c3ccccc3)C=Cc3c(-c4cncs4)n[nH]c3C2)c1.COc1cccc(C2(c3ccccc3)C=Cc3c(-c4cscn4)n[nH]c3C2)c1. The number of hydrogen-bond donors (Lipinski definition) is 2. The quantitative estimate of drug-likeness (QED) is 0.160.